The number of thiophene rings is 1. The van der Waals surface area contributed by atoms with Crippen LogP contribution in [0.1, 0.15) is 35.8 Å². The Balaban J connectivity index is 0.00000208. The molecule has 2 N–H and O–H groups in total. The Morgan fingerprint density at radius 1 is 1.54 bits per heavy atom. The molecule has 1 aliphatic heterocycles. The van der Waals surface area contributed by atoms with Gasteiger partial charge >= 0.3 is 0 Å². The molecule has 0 aromatic carbocycles. The van der Waals surface area contributed by atoms with Gasteiger partial charge in [0.15, 0.2) is 5.96 Å². The monoisotopic (exact) mass is 460 g/mol. The molecular formula is C16H25IN6S. The Morgan fingerprint density at radius 3 is 3.08 bits per heavy atom. The van der Waals surface area contributed by atoms with Crippen molar-refractivity contribution in [2.24, 2.45) is 4.99 Å². The smallest absolute Gasteiger partial charge is 0.191 e. The molecule has 3 rings (SSSR count). The molecule has 0 bridgehead atoms. The molecule has 1 aliphatic rings. The number of rotatable bonds is 4. The van der Waals surface area contributed by atoms with E-state index in [4.69, 9.17) is 0 Å². The Hall–Kier alpha value is -1.16. The van der Waals surface area contributed by atoms with E-state index in [1.165, 1.54) is 4.88 Å². The van der Waals surface area contributed by atoms with Gasteiger partial charge in [0, 0.05) is 36.9 Å². The molecule has 6 nitrogen and oxygen atoms in total. The average Bonchev–Trinajstić information content (AvgIpc) is 3.19. The topological polar surface area (TPSA) is 67.1 Å². The largest absolute Gasteiger partial charge is 0.356 e. The zero-order valence-electron chi connectivity index (χ0n) is 14.3. The van der Waals surface area contributed by atoms with Crippen LogP contribution in [0.2, 0.25) is 0 Å². The summed E-state index contributed by atoms with van der Waals surface area (Å²) in [5.74, 6) is 3.28. The third kappa shape index (κ3) is 4.69. The van der Waals surface area contributed by atoms with E-state index in [2.05, 4.69) is 50.1 Å². The second-order valence-electron chi connectivity index (χ2n) is 6.01. The molecule has 2 aromatic rings. The van der Waals surface area contributed by atoms with Gasteiger partial charge in [0.05, 0.1) is 6.54 Å². The molecule has 0 fully saturated rings. The number of aryl methyl sites for hydroxylation is 2. The Bertz CT molecular complexity index is 666. The Labute approximate surface area is 164 Å². The van der Waals surface area contributed by atoms with Crippen molar-refractivity contribution in [2.75, 3.05) is 13.6 Å². The lowest BCUT2D eigenvalue weighted by Crippen LogP contribution is -2.47. The second-order valence-corrected chi connectivity index (χ2v) is 6.99. The summed E-state index contributed by atoms with van der Waals surface area (Å²) in [4.78, 5) is 10.2. The van der Waals surface area contributed by atoms with E-state index in [1.807, 2.05) is 18.7 Å². The first kappa shape index (κ1) is 19.2. The zero-order chi connectivity index (χ0) is 16.2. The Morgan fingerprint density at radius 2 is 2.38 bits per heavy atom. The summed E-state index contributed by atoms with van der Waals surface area (Å²) < 4.78 is 2.01. The van der Waals surface area contributed by atoms with Crippen molar-refractivity contribution < 1.29 is 0 Å². The first-order chi connectivity index (χ1) is 11.2. The molecule has 0 spiro atoms. The predicted octanol–water partition coefficient (Wildman–Crippen LogP) is 2.55. The summed E-state index contributed by atoms with van der Waals surface area (Å²) in [6.45, 7) is 5.90. The zero-order valence-corrected chi connectivity index (χ0v) is 17.5. The molecular weight excluding hydrogens is 435 g/mol. The fourth-order valence-corrected chi connectivity index (χ4v) is 3.65. The first-order valence-electron chi connectivity index (χ1n) is 8.06. The number of hydrogen-bond acceptors (Lipinski definition) is 4. The maximum Gasteiger partial charge on any atom is 0.191 e. The van der Waals surface area contributed by atoms with Crippen LogP contribution in [-0.2, 0) is 13.0 Å². The van der Waals surface area contributed by atoms with Crippen LogP contribution in [0.3, 0.4) is 0 Å². The molecule has 0 amide bonds. The van der Waals surface area contributed by atoms with Gasteiger partial charge < -0.3 is 10.6 Å². The summed E-state index contributed by atoms with van der Waals surface area (Å²) in [6, 6.07) is 4.62. The summed E-state index contributed by atoms with van der Waals surface area (Å²) in [5, 5.41) is 13.5. The first-order valence-corrected chi connectivity index (χ1v) is 8.94. The minimum absolute atomic E-state index is 0. The maximum atomic E-state index is 4.45. The van der Waals surface area contributed by atoms with Crippen LogP contribution in [0.15, 0.2) is 22.5 Å². The van der Waals surface area contributed by atoms with E-state index in [-0.39, 0.29) is 24.0 Å². The van der Waals surface area contributed by atoms with Crippen molar-refractivity contribution in [2.45, 2.75) is 45.2 Å². The highest BCUT2D eigenvalue weighted by atomic mass is 127. The molecule has 2 atom stereocenters. The SMILES string of the molecule is CN=C(NCC(C)c1cccs1)NC1CCc2nc(C)nn2C1.I. The van der Waals surface area contributed by atoms with Crippen LogP contribution < -0.4 is 10.6 Å². The fraction of sp³-hybridized carbons (Fsp3) is 0.562. The van der Waals surface area contributed by atoms with E-state index in [1.54, 1.807) is 11.3 Å². The molecule has 8 heteroatoms. The van der Waals surface area contributed by atoms with Crippen LogP contribution in [0, 0.1) is 6.92 Å². The van der Waals surface area contributed by atoms with Gasteiger partial charge in [0.1, 0.15) is 11.6 Å². The van der Waals surface area contributed by atoms with Gasteiger partial charge in [-0.2, -0.15) is 5.10 Å². The predicted molar refractivity (Wildman–Crippen MR) is 110 cm³/mol. The van der Waals surface area contributed by atoms with Crippen LogP contribution >= 0.6 is 35.3 Å². The lowest BCUT2D eigenvalue weighted by Gasteiger charge is -2.25. The third-order valence-electron chi connectivity index (χ3n) is 4.13. The molecule has 2 unspecified atom stereocenters. The molecule has 3 heterocycles. The average molecular weight is 460 g/mol. The number of nitrogens with one attached hydrogen (secondary N) is 2. The number of fused-ring (bicyclic) bond motifs is 1. The molecule has 0 radical (unpaired) electrons. The van der Waals surface area contributed by atoms with Gasteiger partial charge in [-0.25, -0.2) is 9.67 Å². The van der Waals surface area contributed by atoms with Crippen LogP contribution in [0.4, 0.5) is 0 Å². The van der Waals surface area contributed by atoms with E-state index in [0.717, 1.165) is 43.5 Å². The maximum absolute atomic E-state index is 4.45. The minimum atomic E-state index is 0. The van der Waals surface area contributed by atoms with Gasteiger partial charge in [0.2, 0.25) is 0 Å². The number of aromatic nitrogens is 3. The summed E-state index contributed by atoms with van der Waals surface area (Å²) in [5.41, 5.74) is 0. The van der Waals surface area contributed by atoms with Crippen LogP contribution in [0.5, 0.6) is 0 Å². The number of hydrogen-bond donors (Lipinski definition) is 2. The van der Waals surface area contributed by atoms with Crippen molar-refractivity contribution >= 4 is 41.3 Å². The lowest BCUT2D eigenvalue weighted by molar-refractivity contribution is 0.392. The van der Waals surface area contributed by atoms with Crippen molar-refractivity contribution in [3.05, 3.63) is 34.0 Å². The van der Waals surface area contributed by atoms with Crippen molar-refractivity contribution in [3.8, 4) is 0 Å². The van der Waals surface area contributed by atoms with Gasteiger partial charge in [-0.3, -0.25) is 4.99 Å². The molecule has 24 heavy (non-hydrogen) atoms. The van der Waals surface area contributed by atoms with Crippen molar-refractivity contribution in [1.82, 2.24) is 25.4 Å². The Kier molecular flexibility index (Phi) is 7.02. The van der Waals surface area contributed by atoms with Gasteiger partial charge in [-0.05, 0) is 24.8 Å². The minimum Gasteiger partial charge on any atom is -0.356 e. The number of guanidine groups is 1. The second kappa shape index (κ2) is 8.80. The molecule has 0 saturated carbocycles. The quantitative estimate of drug-likeness (QED) is 0.418. The molecule has 132 valence electrons. The van der Waals surface area contributed by atoms with E-state index in [9.17, 15) is 0 Å². The highest BCUT2D eigenvalue weighted by Crippen LogP contribution is 2.19. The molecule has 0 aliphatic carbocycles. The summed E-state index contributed by atoms with van der Waals surface area (Å²) >= 11 is 1.80. The highest BCUT2D eigenvalue weighted by Gasteiger charge is 2.21. The van der Waals surface area contributed by atoms with Crippen molar-refractivity contribution in [3.63, 3.8) is 0 Å². The van der Waals surface area contributed by atoms with Gasteiger partial charge in [-0.15, -0.1) is 35.3 Å². The third-order valence-corrected chi connectivity index (χ3v) is 5.24. The summed E-state index contributed by atoms with van der Waals surface area (Å²) in [7, 11) is 1.82. The van der Waals surface area contributed by atoms with E-state index in [0.29, 0.717) is 12.0 Å². The standard InChI is InChI=1S/C16H24N6S.HI/c1-11(14-5-4-8-23-14)9-18-16(17-3)20-13-6-7-15-19-12(2)21-22(15)10-13;/h4-5,8,11,13H,6-7,9-10H2,1-3H3,(H2,17,18,20);1H. The van der Waals surface area contributed by atoms with E-state index < -0.39 is 0 Å². The van der Waals surface area contributed by atoms with Crippen molar-refractivity contribution in [1.29, 1.82) is 0 Å². The number of nitrogens with zero attached hydrogens (tertiary/aromatic N) is 4. The normalized spacial score (nSPS) is 18.5. The van der Waals surface area contributed by atoms with Gasteiger partial charge in [-0.1, -0.05) is 13.0 Å². The van der Waals surface area contributed by atoms with E-state index >= 15 is 0 Å². The molecule has 2 aromatic heterocycles. The van der Waals surface area contributed by atoms with Crippen LogP contribution in [0.25, 0.3) is 0 Å². The summed E-state index contributed by atoms with van der Waals surface area (Å²) in [6.07, 6.45) is 2.01. The fourth-order valence-electron chi connectivity index (χ4n) is 2.86. The van der Waals surface area contributed by atoms with Crippen LogP contribution in [-0.4, -0.2) is 40.4 Å². The van der Waals surface area contributed by atoms with Gasteiger partial charge in [0.25, 0.3) is 0 Å². The number of halogens is 1. The molecule has 0 saturated heterocycles. The number of aliphatic imine (C=N–C) groups is 1. The lowest BCUT2D eigenvalue weighted by atomic mass is 10.1. The highest BCUT2D eigenvalue weighted by molar-refractivity contribution is 14.0.